The van der Waals surface area contributed by atoms with Crippen LogP contribution in [0.5, 0.6) is 0 Å². The average Bonchev–Trinajstić information content (AvgIpc) is 2.81. The van der Waals surface area contributed by atoms with Crippen molar-refractivity contribution in [2.75, 3.05) is 5.73 Å². The van der Waals surface area contributed by atoms with Gasteiger partial charge in [0.05, 0.1) is 18.1 Å². The molecule has 2 aromatic rings. The fourth-order valence-electron chi connectivity index (χ4n) is 2.28. The Morgan fingerprint density at radius 3 is 2.90 bits per heavy atom. The number of halogens is 1. The zero-order valence-electron chi connectivity index (χ0n) is 11.2. The molecule has 2 heterocycles. The number of nitrogen functional groups attached to an aromatic ring is 1. The predicted octanol–water partition coefficient (Wildman–Crippen LogP) is 2.19. The largest absolute Gasteiger partial charge is 0.397 e. The molecule has 1 aliphatic carbocycles. The number of pyridine rings is 1. The van der Waals surface area contributed by atoms with E-state index in [-0.39, 0.29) is 5.65 Å². The van der Waals surface area contributed by atoms with E-state index in [4.69, 9.17) is 5.73 Å². The number of anilines is 1. The van der Waals surface area contributed by atoms with Crippen molar-refractivity contribution in [1.82, 2.24) is 14.2 Å². The lowest BCUT2D eigenvalue weighted by molar-refractivity contribution is 0.547. The normalized spacial score (nSPS) is 22.5. The number of nitrogens with two attached hydrogens (primary N) is 1. The summed E-state index contributed by atoms with van der Waals surface area (Å²) in [6.07, 6.45) is 8.45. The second-order valence-corrected chi connectivity index (χ2v) is 8.38. The van der Waals surface area contributed by atoms with Crippen LogP contribution < -0.4 is 5.73 Å². The molecule has 3 rings (SSSR count). The van der Waals surface area contributed by atoms with E-state index >= 15 is 0 Å². The quantitative estimate of drug-likeness (QED) is 0.876. The van der Waals surface area contributed by atoms with Gasteiger partial charge < -0.3 is 5.73 Å². The minimum atomic E-state index is -3.75. The SMILES string of the molecule is CC1(S(=O)(=O)n2ncc3cc(N)cnc32)C=CC=C(Br)C1. The topological polar surface area (TPSA) is 90.9 Å². The summed E-state index contributed by atoms with van der Waals surface area (Å²) in [4.78, 5) is 4.10. The summed E-state index contributed by atoms with van der Waals surface area (Å²) < 4.78 is 26.6. The fraction of sp³-hybridized carbons (Fsp3) is 0.231. The van der Waals surface area contributed by atoms with Crippen molar-refractivity contribution in [2.45, 2.75) is 18.1 Å². The Labute approximate surface area is 130 Å². The number of hydrogen-bond acceptors (Lipinski definition) is 5. The first-order valence-electron chi connectivity index (χ1n) is 6.22. The van der Waals surface area contributed by atoms with Crippen LogP contribution in [0.2, 0.25) is 0 Å². The van der Waals surface area contributed by atoms with Crippen molar-refractivity contribution in [2.24, 2.45) is 0 Å². The van der Waals surface area contributed by atoms with Gasteiger partial charge in [0.2, 0.25) is 0 Å². The molecule has 2 N–H and O–H groups in total. The van der Waals surface area contributed by atoms with Gasteiger partial charge in [-0.1, -0.05) is 34.2 Å². The van der Waals surface area contributed by atoms with Crippen molar-refractivity contribution in [3.8, 4) is 0 Å². The van der Waals surface area contributed by atoms with Crippen LogP contribution in [0.4, 0.5) is 5.69 Å². The van der Waals surface area contributed by atoms with E-state index in [1.165, 1.54) is 12.4 Å². The van der Waals surface area contributed by atoms with Crippen molar-refractivity contribution in [3.63, 3.8) is 0 Å². The summed E-state index contributed by atoms with van der Waals surface area (Å²) in [6, 6.07) is 1.65. The molecule has 1 unspecified atom stereocenters. The van der Waals surface area contributed by atoms with Crippen LogP contribution in [-0.4, -0.2) is 27.3 Å². The monoisotopic (exact) mass is 368 g/mol. The fourth-order valence-corrected chi connectivity index (χ4v) is 4.73. The summed E-state index contributed by atoms with van der Waals surface area (Å²) in [5, 5.41) is 4.59. The number of allylic oxidation sites excluding steroid dienone is 3. The van der Waals surface area contributed by atoms with Crippen LogP contribution in [0, 0.1) is 0 Å². The minimum absolute atomic E-state index is 0.282. The van der Waals surface area contributed by atoms with E-state index in [2.05, 4.69) is 26.0 Å². The molecule has 0 spiro atoms. The lowest BCUT2D eigenvalue weighted by Gasteiger charge is -2.27. The summed E-state index contributed by atoms with van der Waals surface area (Å²) in [6.45, 7) is 1.66. The maximum absolute atomic E-state index is 12.9. The molecule has 0 saturated carbocycles. The Morgan fingerprint density at radius 2 is 2.19 bits per heavy atom. The number of rotatable bonds is 2. The van der Waals surface area contributed by atoms with Gasteiger partial charge in [-0.05, 0) is 17.5 Å². The maximum Gasteiger partial charge on any atom is 0.265 e. The molecule has 0 amide bonds. The first-order valence-corrected chi connectivity index (χ1v) is 8.45. The third-order valence-corrected chi connectivity index (χ3v) is 6.19. The van der Waals surface area contributed by atoms with Gasteiger partial charge >= 0.3 is 0 Å². The van der Waals surface area contributed by atoms with Crippen molar-refractivity contribution < 1.29 is 8.42 Å². The zero-order valence-corrected chi connectivity index (χ0v) is 13.6. The van der Waals surface area contributed by atoms with Crippen molar-refractivity contribution >= 4 is 42.7 Å². The first kappa shape index (κ1) is 14.3. The zero-order chi connectivity index (χ0) is 15.3. The summed E-state index contributed by atoms with van der Waals surface area (Å²) >= 11 is 3.36. The molecule has 0 bridgehead atoms. The molecule has 8 heteroatoms. The maximum atomic E-state index is 12.9. The van der Waals surface area contributed by atoms with E-state index < -0.39 is 14.8 Å². The van der Waals surface area contributed by atoms with Crippen molar-refractivity contribution in [1.29, 1.82) is 0 Å². The van der Waals surface area contributed by atoms with E-state index in [1.807, 2.05) is 6.08 Å². The predicted molar refractivity (Wildman–Crippen MR) is 85.4 cm³/mol. The molecule has 0 fully saturated rings. The van der Waals surface area contributed by atoms with Crippen LogP contribution in [0.1, 0.15) is 13.3 Å². The Hall–Kier alpha value is -1.67. The Morgan fingerprint density at radius 1 is 1.43 bits per heavy atom. The molecule has 21 heavy (non-hydrogen) atoms. The standard InChI is InChI=1S/C13H13BrN4O2S/c1-13(4-2-3-10(14)6-13)21(19,20)18-12-9(7-17-18)5-11(15)8-16-12/h2-5,7-8H,6,15H2,1H3. The lowest BCUT2D eigenvalue weighted by atomic mass is 10.0. The smallest absolute Gasteiger partial charge is 0.265 e. The van der Waals surface area contributed by atoms with Crippen LogP contribution in [0.15, 0.2) is 41.2 Å². The molecule has 2 aromatic heterocycles. The molecule has 1 aliphatic rings. The number of hydrogen-bond donors (Lipinski definition) is 1. The van der Waals surface area contributed by atoms with Crippen LogP contribution in [0.3, 0.4) is 0 Å². The van der Waals surface area contributed by atoms with Gasteiger partial charge in [0.25, 0.3) is 10.0 Å². The molecule has 1 atom stereocenters. The van der Waals surface area contributed by atoms with E-state index in [1.54, 1.807) is 25.1 Å². The van der Waals surface area contributed by atoms with Gasteiger partial charge in [0, 0.05) is 11.8 Å². The van der Waals surface area contributed by atoms with Gasteiger partial charge in [0.1, 0.15) is 4.75 Å². The Balaban J connectivity index is 2.17. The van der Waals surface area contributed by atoms with Gasteiger partial charge in [-0.25, -0.2) is 13.4 Å². The van der Waals surface area contributed by atoms with Crippen LogP contribution in [-0.2, 0) is 10.0 Å². The van der Waals surface area contributed by atoms with E-state index in [9.17, 15) is 8.42 Å². The molecule has 0 aliphatic heterocycles. The van der Waals surface area contributed by atoms with Crippen LogP contribution >= 0.6 is 15.9 Å². The third-order valence-electron chi connectivity index (χ3n) is 3.46. The highest BCUT2D eigenvalue weighted by atomic mass is 79.9. The van der Waals surface area contributed by atoms with E-state index in [0.29, 0.717) is 17.5 Å². The minimum Gasteiger partial charge on any atom is -0.397 e. The van der Waals surface area contributed by atoms with Gasteiger partial charge in [-0.3, -0.25) is 0 Å². The highest BCUT2D eigenvalue weighted by Gasteiger charge is 2.41. The molecule has 0 radical (unpaired) electrons. The summed E-state index contributed by atoms with van der Waals surface area (Å²) in [7, 11) is -3.75. The molecule has 0 aromatic carbocycles. The first-order chi connectivity index (χ1) is 9.83. The highest BCUT2D eigenvalue weighted by molar-refractivity contribution is 9.11. The number of nitrogens with zero attached hydrogens (tertiary/aromatic N) is 3. The van der Waals surface area contributed by atoms with Crippen molar-refractivity contribution in [3.05, 3.63) is 41.2 Å². The Bertz CT molecular complexity index is 885. The summed E-state index contributed by atoms with van der Waals surface area (Å²) in [5.74, 6) is 0. The Kier molecular flexibility index (Phi) is 3.18. The molecule has 0 saturated heterocycles. The lowest BCUT2D eigenvalue weighted by Crippen LogP contribution is -2.39. The third kappa shape index (κ3) is 2.18. The molecule has 110 valence electrons. The number of aromatic nitrogens is 3. The number of fused-ring (bicyclic) bond motifs is 1. The van der Waals surface area contributed by atoms with Crippen LogP contribution in [0.25, 0.3) is 11.0 Å². The molecular formula is C13H13BrN4O2S. The summed E-state index contributed by atoms with van der Waals surface area (Å²) in [5.41, 5.74) is 6.40. The molecular weight excluding hydrogens is 356 g/mol. The highest BCUT2D eigenvalue weighted by Crippen LogP contribution is 2.35. The van der Waals surface area contributed by atoms with Gasteiger partial charge in [0.15, 0.2) is 5.65 Å². The van der Waals surface area contributed by atoms with Gasteiger partial charge in [-0.15, -0.1) is 4.09 Å². The van der Waals surface area contributed by atoms with Gasteiger partial charge in [-0.2, -0.15) is 5.10 Å². The second-order valence-electron chi connectivity index (χ2n) is 5.14. The average molecular weight is 369 g/mol. The molecule has 6 nitrogen and oxygen atoms in total. The van der Waals surface area contributed by atoms with E-state index in [0.717, 1.165) is 8.57 Å². The second kappa shape index (κ2) is 4.67.